The van der Waals surface area contributed by atoms with Crippen LogP contribution in [0, 0.1) is 0 Å². The molecule has 2 rings (SSSR count). The van der Waals surface area contributed by atoms with Gasteiger partial charge in [0, 0.05) is 6.92 Å². The first-order valence-electron chi connectivity index (χ1n) is 7.14. The van der Waals surface area contributed by atoms with Crippen LogP contribution in [0.3, 0.4) is 0 Å². The summed E-state index contributed by atoms with van der Waals surface area (Å²) in [7, 11) is 1.54. The van der Waals surface area contributed by atoms with E-state index in [4.69, 9.17) is 32.7 Å². The molecule has 0 saturated heterocycles. The SMILES string of the molecule is COc1cc(/C=N\NC(C)=O)cc(Br)c1OCc1ccc(Cl)c(Cl)c1. The predicted octanol–water partition coefficient (Wildman–Crippen LogP) is 4.81. The molecule has 1 N–H and O–H groups in total. The molecule has 0 aliphatic rings. The molecule has 0 aliphatic heterocycles. The highest BCUT2D eigenvalue weighted by Crippen LogP contribution is 2.37. The molecule has 0 bridgehead atoms. The van der Waals surface area contributed by atoms with Gasteiger partial charge in [0.25, 0.3) is 0 Å². The Bertz CT molecular complexity index is 813. The number of rotatable bonds is 6. The molecule has 0 aliphatic carbocycles. The summed E-state index contributed by atoms with van der Waals surface area (Å²) < 4.78 is 11.9. The highest BCUT2D eigenvalue weighted by atomic mass is 79.9. The maximum absolute atomic E-state index is 10.8. The van der Waals surface area contributed by atoms with E-state index in [1.807, 2.05) is 6.07 Å². The van der Waals surface area contributed by atoms with E-state index >= 15 is 0 Å². The van der Waals surface area contributed by atoms with Crippen LogP contribution in [0.5, 0.6) is 11.5 Å². The Morgan fingerprint density at radius 3 is 2.68 bits per heavy atom. The van der Waals surface area contributed by atoms with E-state index in [0.29, 0.717) is 32.6 Å². The first-order valence-corrected chi connectivity index (χ1v) is 8.69. The molecule has 1 amide bonds. The van der Waals surface area contributed by atoms with Crippen molar-refractivity contribution in [2.24, 2.45) is 5.10 Å². The fraction of sp³-hybridized carbons (Fsp3) is 0.176. The Morgan fingerprint density at radius 2 is 2.04 bits per heavy atom. The van der Waals surface area contributed by atoms with E-state index in [1.54, 1.807) is 31.4 Å². The van der Waals surface area contributed by atoms with Crippen LogP contribution in [0.1, 0.15) is 18.1 Å². The number of carbonyl (C=O) groups excluding carboxylic acids is 1. The fourth-order valence-corrected chi connectivity index (χ4v) is 2.83. The van der Waals surface area contributed by atoms with Gasteiger partial charge in [-0.2, -0.15) is 5.10 Å². The van der Waals surface area contributed by atoms with Crippen LogP contribution in [-0.4, -0.2) is 19.2 Å². The summed E-state index contributed by atoms with van der Waals surface area (Å²) in [6.07, 6.45) is 1.51. The maximum atomic E-state index is 10.8. The van der Waals surface area contributed by atoms with Gasteiger partial charge in [-0.25, -0.2) is 5.43 Å². The molecule has 0 radical (unpaired) electrons. The van der Waals surface area contributed by atoms with Gasteiger partial charge in [-0.1, -0.05) is 29.3 Å². The number of benzene rings is 2. The second-order valence-electron chi connectivity index (χ2n) is 5.00. The topological polar surface area (TPSA) is 59.9 Å². The monoisotopic (exact) mass is 444 g/mol. The summed E-state index contributed by atoms with van der Waals surface area (Å²) in [6, 6.07) is 8.86. The molecule has 0 saturated carbocycles. The minimum absolute atomic E-state index is 0.246. The van der Waals surface area contributed by atoms with Gasteiger partial charge in [0.1, 0.15) is 6.61 Å². The largest absolute Gasteiger partial charge is 0.493 e. The molecule has 8 heteroatoms. The second kappa shape index (κ2) is 9.08. The number of hydrogen-bond acceptors (Lipinski definition) is 4. The molecule has 0 aromatic heterocycles. The minimum Gasteiger partial charge on any atom is -0.493 e. The number of ether oxygens (including phenoxy) is 2. The second-order valence-corrected chi connectivity index (χ2v) is 6.67. The van der Waals surface area contributed by atoms with E-state index in [1.165, 1.54) is 13.1 Å². The normalized spacial score (nSPS) is 10.8. The van der Waals surface area contributed by atoms with Gasteiger partial charge in [-0.15, -0.1) is 0 Å². The number of amides is 1. The first kappa shape index (κ1) is 19.6. The average molecular weight is 446 g/mol. The predicted molar refractivity (Wildman–Crippen MR) is 103 cm³/mol. The van der Waals surface area contributed by atoms with Crippen LogP contribution in [0.4, 0.5) is 0 Å². The van der Waals surface area contributed by atoms with E-state index in [2.05, 4.69) is 26.5 Å². The third kappa shape index (κ3) is 5.63. The lowest BCUT2D eigenvalue weighted by atomic mass is 10.2. The van der Waals surface area contributed by atoms with Crippen molar-refractivity contribution in [3.63, 3.8) is 0 Å². The zero-order valence-electron chi connectivity index (χ0n) is 13.5. The molecule has 0 unspecified atom stereocenters. The lowest BCUT2D eigenvalue weighted by Crippen LogP contribution is -2.12. The van der Waals surface area contributed by atoms with Crippen LogP contribution in [-0.2, 0) is 11.4 Å². The van der Waals surface area contributed by atoms with Gasteiger partial charge in [-0.3, -0.25) is 4.79 Å². The zero-order chi connectivity index (χ0) is 18.4. The highest BCUT2D eigenvalue weighted by molar-refractivity contribution is 9.10. The Morgan fingerprint density at radius 1 is 1.28 bits per heavy atom. The van der Waals surface area contributed by atoms with E-state index < -0.39 is 0 Å². The van der Waals surface area contributed by atoms with E-state index in [9.17, 15) is 4.79 Å². The van der Waals surface area contributed by atoms with Crippen LogP contribution < -0.4 is 14.9 Å². The molecule has 0 atom stereocenters. The molecule has 2 aromatic carbocycles. The number of halogens is 3. The number of methoxy groups -OCH3 is 1. The molecule has 25 heavy (non-hydrogen) atoms. The highest BCUT2D eigenvalue weighted by Gasteiger charge is 2.12. The van der Waals surface area contributed by atoms with E-state index in [0.717, 1.165) is 11.1 Å². The Kier molecular flexibility index (Phi) is 7.11. The summed E-state index contributed by atoms with van der Waals surface area (Å²) in [4.78, 5) is 10.8. The molecular formula is C17H15BrCl2N2O3. The van der Waals surface area contributed by atoms with Crippen molar-refractivity contribution in [3.05, 3.63) is 56.0 Å². The van der Waals surface area contributed by atoms with Gasteiger partial charge in [-0.05, 0) is 51.3 Å². The van der Waals surface area contributed by atoms with Crippen LogP contribution in [0.15, 0.2) is 39.9 Å². The van der Waals surface area contributed by atoms with Crippen molar-refractivity contribution < 1.29 is 14.3 Å². The van der Waals surface area contributed by atoms with Gasteiger partial charge in [0.2, 0.25) is 5.91 Å². The summed E-state index contributed by atoms with van der Waals surface area (Å²) in [5, 5.41) is 4.79. The van der Waals surface area contributed by atoms with Crippen molar-refractivity contribution in [3.8, 4) is 11.5 Å². The molecule has 2 aromatic rings. The first-order chi connectivity index (χ1) is 11.9. The van der Waals surface area contributed by atoms with Gasteiger partial charge >= 0.3 is 0 Å². The smallest absolute Gasteiger partial charge is 0.236 e. The number of hydrazone groups is 1. The quantitative estimate of drug-likeness (QED) is 0.512. The fourth-order valence-electron chi connectivity index (χ4n) is 1.94. The van der Waals surface area contributed by atoms with Crippen molar-refractivity contribution in [2.45, 2.75) is 13.5 Å². The zero-order valence-corrected chi connectivity index (χ0v) is 16.6. The number of hydrogen-bond donors (Lipinski definition) is 1. The van der Waals surface area contributed by atoms with Crippen LogP contribution in [0.25, 0.3) is 0 Å². The standard InChI is InChI=1S/C17H15BrCl2N2O3/c1-10(23)22-21-8-12-5-13(18)17(16(7-12)24-2)25-9-11-3-4-14(19)15(20)6-11/h3-8H,9H2,1-2H3,(H,22,23)/b21-8-. The summed E-state index contributed by atoms with van der Waals surface area (Å²) in [5.74, 6) is 0.827. The summed E-state index contributed by atoms with van der Waals surface area (Å²) in [6.45, 7) is 1.68. The van der Waals surface area contributed by atoms with E-state index in [-0.39, 0.29) is 5.91 Å². The summed E-state index contributed by atoms with van der Waals surface area (Å²) >= 11 is 15.4. The Balaban J connectivity index is 2.18. The lowest BCUT2D eigenvalue weighted by molar-refractivity contribution is -0.118. The van der Waals surface area contributed by atoms with Gasteiger partial charge in [0.05, 0.1) is 27.8 Å². The Labute approximate surface area is 164 Å². The third-order valence-electron chi connectivity index (χ3n) is 3.05. The maximum Gasteiger partial charge on any atom is 0.236 e. The van der Waals surface area contributed by atoms with Crippen LogP contribution in [0.2, 0.25) is 10.0 Å². The molecular weight excluding hydrogens is 431 g/mol. The molecule has 0 spiro atoms. The van der Waals surface area contributed by atoms with Crippen molar-refractivity contribution in [1.29, 1.82) is 0 Å². The van der Waals surface area contributed by atoms with Gasteiger partial charge in [0.15, 0.2) is 11.5 Å². The average Bonchev–Trinajstić information content (AvgIpc) is 2.56. The number of nitrogens with zero attached hydrogens (tertiary/aromatic N) is 1. The number of carbonyl (C=O) groups is 1. The molecule has 132 valence electrons. The summed E-state index contributed by atoms with van der Waals surface area (Å²) in [5.41, 5.74) is 3.95. The van der Waals surface area contributed by atoms with Crippen LogP contribution >= 0.6 is 39.1 Å². The molecule has 0 fully saturated rings. The van der Waals surface area contributed by atoms with Crippen molar-refractivity contribution >= 4 is 51.3 Å². The Hall–Kier alpha value is -1.76. The van der Waals surface area contributed by atoms with Crippen molar-refractivity contribution in [1.82, 2.24) is 5.43 Å². The molecule has 0 heterocycles. The molecule has 5 nitrogen and oxygen atoms in total. The van der Waals surface area contributed by atoms with Gasteiger partial charge < -0.3 is 9.47 Å². The van der Waals surface area contributed by atoms with Crippen molar-refractivity contribution in [2.75, 3.05) is 7.11 Å². The number of nitrogens with one attached hydrogen (secondary N) is 1. The third-order valence-corrected chi connectivity index (χ3v) is 4.38. The minimum atomic E-state index is -0.246. The lowest BCUT2D eigenvalue weighted by Gasteiger charge is -2.14.